The number of nitrogens with zero attached hydrogens (tertiary/aromatic N) is 3. The summed E-state index contributed by atoms with van der Waals surface area (Å²) in [6, 6.07) is 10.3. The quantitative estimate of drug-likeness (QED) is 0.524. The van der Waals surface area contributed by atoms with Crippen LogP contribution < -0.4 is 5.56 Å². The minimum absolute atomic E-state index is 0.135. The zero-order chi connectivity index (χ0) is 19.1. The van der Waals surface area contributed by atoms with Crippen LogP contribution in [-0.4, -0.2) is 14.9 Å². The number of hydrogen-bond donors (Lipinski definition) is 0. The summed E-state index contributed by atoms with van der Waals surface area (Å²) >= 11 is 5.89. The third kappa shape index (κ3) is 3.10. The van der Waals surface area contributed by atoms with Gasteiger partial charge in [-0.15, -0.1) is 0 Å². The molecule has 0 aliphatic carbocycles. The molecule has 0 atom stereocenters. The summed E-state index contributed by atoms with van der Waals surface area (Å²) in [6.07, 6.45) is 0. The lowest BCUT2D eigenvalue weighted by Crippen LogP contribution is -2.24. The summed E-state index contributed by atoms with van der Waals surface area (Å²) in [7, 11) is 0. The average Bonchev–Trinajstić information content (AvgIpc) is 3.04. The molecule has 0 aliphatic rings. The topological polar surface area (TPSA) is 60.9 Å². The molecular weight excluding hydrogens is 376 g/mol. The number of rotatable bonds is 3. The molecule has 0 amide bonds. The van der Waals surface area contributed by atoms with Crippen molar-refractivity contribution in [1.29, 1.82) is 0 Å². The highest BCUT2D eigenvalue weighted by Crippen LogP contribution is 2.27. The second-order valence-corrected chi connectivity index (χ2v) is 6.48. The van der Waals surface area contributed by atoms with Crippen LogP contribution in [0.15, 0.2) is 51.8 Å². The molecule has 0 bridgehead atoms. The fourth-order valence-electron chi connectivity index (χ4n) is 2.83. The van der Waals surface area contributed by atoms with E-state index in [-0.39, 0.29) is 34.3 Å². The van der Waals surface area contributed by atoms with Crippen molar-refractivity contribution in [2.45, 2.75) is 13.5 Å². The van der Waals surface area contributed by atoms with Gasteiger partial charge in [0.05, 0.1) is 12.2 Å². The lowest BCUT2D eigenvalue weighted by molar-refractivity contribution is 0.449. The van der Waals surface area contributed by atoms with Gasteiger partial charge in [-0.25, -0.2) is 13.5 Å². The normalized spacial score (nSPS) is 11.3. The van der Waals surface area contributed by atoms with E-state index < -0.39 is 11.6 Å². The van der Waals surface area contributed by atoms with Crippen LogP contribution in [0.1, 0.15) is 11.3 Å². The standard InChI is InChI=1S/C19H12ClF2N3O2/c1-10-16-18(27-24-10)17(12-4-7-14(21)15(22)8-12)23-25(19(16)26)9-11-2-5-13(20)6-3-11/h2-8H,9H2,1H3. The predicted octanol–water partition coefficient (Wildman–Crippen LogP) is 4.34. The second kappa shape index (κ2) is 6.59. The van der Waals surface area contributed by atoms with Gasteiger partial charge in [0.2, 0.25) is 5.58 Å². The average molecular weight is 388 g/mol. The number of benzene rings is 2. The van der Waals surface area contributed by atoms with Crippen LogP contribution >= 0.6 is 11.6 Å². The smallest absolute Gasteiger partial charge is 0.280 e. The molecule has 5 nitrogen and oxygen atoms in total. The Hall–Kier alpha value is -3.06. The van der Waals surface area contributed by atoms with Crippen molar-refractivity contribution in [1.82, 2.24) is 14.9 Å². The van der Waals surface area contributed by atoms with Gasteiger partial charge in [-0.1, -0.05) is 28.9 Å². The molecule has 0 N–H and O–H groups in total. The largest absolute Gasteiger partial charge is 0.353 e. The van der Waals surface area contributed by atoms with E-state index in [1.807, 2.05) is 0 Å². The molecule has 0 unspecified atom stereocenters. The number of aryl methyl sites for hydroxylation is 1. The molecule has 27 heavy (non-hydrogen) atoms. The summed E-state index contributed by atoms with van der Waals surface area (Å²) in [5.41, 5.74) is 1.43. The van der Waals surface area contributed by atoms with Crippen LogP contribution in [0.2, 0.25) is 5.02 Å². The zero-order valence-electron chi connectivity index (χ0n) is 14.0. The minimum Gasteiger partial charge on any atom is -0.353 e. The van der Waals surface area contributed by atoms with Crippen molar-refractivity contribution in [3.8, 4) is 11.3 Å². The van der Waals surface area contributed by atoms with E-state index in [9.17, 15) is 13.6 Å². The number of halogens is 3. The van der Waals surface area contributed by atoms with E-state index in [1.54, 1.807) is 31.2 Å². The van der Waals surface area contributed by atoms with Crippen LogP contribution in [0, 0.1) is 18.6 Å². The van der Waals surface area contributed by atoms with E-state index in [1.165, 1.54) is 10.7 Å². The third-order valence-corrected chi connectivity index (χ3v) is 4.44. The molecule has 2 heterocycles. The Morgan fingerprint density at radius 1 is 1.11 bits per heavy atom. The summed E-state index contributed by atoms with van der Waals surface area (Å²) in [6.45, 7) is 1.81. The highest BCUT2D eigenvalue weighted by Gasteiger charge is 2.20. The van der Waals surface area contributed by atoms with Gasteiger partial charge in [-0.2, -0.15) is 5.10 Å². The van der Waals surface area contributed by atoms with E-state index in [2.05, 4.69) is 10.3 Å². The number of aromatic nitrogens is 3. The van der Waals surface area contributed by atoms with Crippen LogP contribution in [0.4, 0.5) is 8.78 Å². The van der Waals surface area contributed by atoms with Crippen LogP contribution in [0.25, 0.3) is 22.2 Å². The number of hydrogen-bond acceptors (Lipinski definition) is 4. The molecule has 136 valence electrons. The first-order valence-electron chi connectivity index (χ1n) is 8.01. The summed E-state index contributed by atoms with van der Waals surface area (Å²) in [5, 5.41) is 8.97. The maximum atomic E-state index is 13.7. The fraction of sp³-hybridized carbons (Fsp3) is 0.105. The predicted molar refractivity (Wildman–Crippen MR) is 96.7 cm³/mol. The van der Waals surface area contributed by atoms with Crippen molar-refractivity contribution >= 4 is 22.6 Å². The molecule has 4 aromatic rings. The maximum Gasteiger partial charge on any atom is 0.280 e. The van der Waals surface area contributed by atoms with Crippen molar-refractivity contribution in [2.75, 3.05) is 0 Å². The molecule has 0 saturated carbocycles. The SMILES string of the molecule is Cc1noc2c(-c3ccc(F)c(F)c3)nn(Cc3ccc(Cl)cc3)c(=O)c12. The van der Waals surface area contributed by atoms with Gasteiger partial charge in [0.15, 0.2) is 11.6 Å². The lowest BCUT2D eigenvalue weighted by Gasteiger charge is -2.09. The molecule has 0 saturated heterocycles. The zero-order valence-corrected chi connectivity index (χ0v) is 14.8. The van der Waals surface area contributed by atoms with E-state index in [0.717, 1.165) is 17.7 Å². The fourth-order valence-corrected chi connectivity index (χ4v) is 2.95. The van der Waals surface area contributed by atoms with Crippen molar-refractivity contribution < 1.29 is 13.3 Å². The number of fused-ring (bicyclic) bond motifs is 1. The summed E-state index contributed by atoms with van der Waals surface area (Å²) in [5.74, 6) is -1.99. The Balaban J connectivity index is 1.93. The van der Waals surface area contributed by atoms with Gasteiger partial charge in [-0.3, -0.25) is 4.79 Å². The Labute approximate surface area is 156 Å². The molecule has 2 aromatic heterocycles. The molecule has 0 spiro atoms. The Morgan fingerprint density at radius 3 is 2.56 bits per heavy atom. The van der Waals surface area contributed by atoms with E-state index in [4.69, 9.17) is 16.1 Å². The highest BCUT2D eigenvalue weighted by molar-refractivity contribution is 6.30. The highest BCUT2D eigenvalue weighted by atomic mass is 35.5. The third-order valence-electron chi connectivity index (χ3n) is 4.19. The summed E-state index contributed by atoms with van der Waals surface area (Å²) < 4.78 is 33.5. The molecule has 8 heteroatoms. The maximum absolute atomic E-state index is 13.7. The van der Waals surface area contributed by atoms with E-state index >= 15 is 0 Å². The van der Waals surface area contributed by atoms with E-state index in [0.29, 0.717) is 10.7 Å². The Kier molecular flexibility index (Phi) is 4.24. The first kappa shape index (κ1) is 17.4. The minimum atomic E-state index is -1.02. The van der Waals surface area contributed by atoms with Crippen molar-refractivity contribution in [2.24, 2.45) is 0 Å². The first-order chi connectivity index (χ1) is 12.9. The lowest BCUT2D eigenvalue weighted by atomic mass is 10.1. The Morgan fingerprint density at radius 2 is 1.85 bits per heavy atom. The van der Waals surface area contributed by atoms with Crippen molar-refractivity contribution in [3.63, 3.8) is 0 Å². The first-order valence-corrected chi connectivity index (χ1v) is 8.39. The molecule has 4 rings (SSSR count). The molecule has 0 fully saturated rings. The second-order valence-electron chi connectivity index (χ2n) is 6.04. The summed E-state index contributed by atoms with van der Waals surface area (Å²) in [4.78, 5) is 12.8. The van der Waals surface area contributed by atoms with Crippen molar-refractivity contribution in [3.05, 3.63) is 80.7 Å². The molecule has 0 radical (unpaired) electrons. The monoisotopic (exact) mass is 387 g/mol. The molecule has 0 aliphatic heterocycles. The van der Waals surface area contributed by atoms with Gasteiger partial charge in [-0.05, 0) is 42.8 Å². The van der Waals surface area contributed by atoms with Crippen LogP contribution in [0.3, 0.4) is 0 Å². The van der Waals surface area contributed by atoms with Gasteiger partial charge in [0.1, 0.15) is 11.1 Å². The Bertz CT molecular complexity index is 1220. The molecule has 2 aromatic carbocycles. The van der Waals surface area contributed by atoms with Gasteiger partial charge in [0, 0.05) is 10.6 Å². The molecular formula is C19H12ClF2N3O2. The van der Waals surface area contributed by atoms with Gasteiger partial charge >= 0.3 is 0 Å². The van der Waals surface area contributed by atoms with Gasteiger partial charge in [0.25, 0.3) is 5.56 Å². The van der Waals surface area contributed by atoms with Crippen LogP contribution in [-0.2, 0) is 6.54 Å². The van der Waals surface area contributed by atoms with Gasteiger partial charge < -0.3 is 4.52 Å². The van der Waals surface area contributed by atoms with Crippen LogP contribution in [0.5, 0.6) is 0 Å².